The molecular weight excluding hydrogens is 270 g/mol. The van der Waals surface area contributed by atoms with Gasteiger partial charge in [-0.25, -0.2) is 4.98 Å². The van der Waals surface area contributed by atoms with Crippen LogP contribution in [-0.4, -0.2) is 11.5 Å². The van der Waals surface area contributed by atoms with Crippen LogP contribution in [-0.2, 0) is 13.0 Å². The number of hydrogen-bond donors (Lipinski definition) is 1. The van der Waals surface area contributed by atoms with Gasteiger partial charge >= 0.3 is 0 Å². The molecule has 0 aromatic carbocycles. The Balaban J connectivity index is 1.89. The van der Waals surface area contributed by atoms with Crippen LogP contribution in [0.25, 0.3) is 0 Å². The van der Waals surface area contributed by atoms with E-state index in [4.69, 9.17) is 16.3 Å². The molecule has 0 saturated heterocycles. The molecule has 0 bridgehead atoms. The van der Waals surface area contributed by atoms with Gasteiger partial charge in [0.1, 0.15) is 22.8 Å². The summed E-state index contributed by atoms with van der Waals surface area (Å²) in [5, 5.41) is 18.5. The van der Waals surface area contributed by atoms with Crippen molar-refractivity contribution >= 4 is 22.0 Å². The Morgan fingerprint density at radius 2 is 2.15 bits per heavy atom. The normalized spacial score (nSPS) is 13.4. The Morgan fingerprint density at radius 1 is 1.30 bits per heavy atom. The molecule has 0 aliphatic carbocycles. The number of rotatable bonds is 1. The van der Waals surface area contributed by atoms with Crippen molar-refractivity contribution in [3.8, 4) is 12.1 Å². The number of nitrogens with zero attached hydrogens (tertiary/aromatic N) is 4. The Hall–Kier alpha value is -2.57. The summed E-state index contributed by atoms with van der Waals surface area (Å²) in [4.78, 5) is 7.43. The third-order valence-electron chi connectivity index (χ3n) is 3.42. The summed E-state index contributed by atoms with van der Waals surface area (Å²) in [7, 11) is 0. The van der Waals surface area contributed by atoms with Crippen LogP contribution < -0.4 is 10.6 Å². The highest BCUT2D eigenvalue weighted by atomic mass is 32.1. The number of fused-ring (bicyclic) bond motifs is 1. The monoisotopic (exact) mass is 281 g/mol. The zero-order chi connectivity index (χ0) is 14.1. The average Bonchev–Trinajstić information content (AvgIpc) is 2.81. The van der Waals surface area contributed by atoms with Crippen molar-refractivity contribution in [1.29, 1.82) is 10.5 Å². The first kappa shape index (κ1) is 12.5. The fraction of sp³-hybridized carbons (Fsp3) is 0.214. The van der Waals surface area contributed by atoms with E-state index in [1.165, 1.54) is 11.3 Å². The summed E-state index contributed by atoms with van der Waals surface area (Å²) in [5.74, 6) is 0. The van der Waals surface area contributed by atoms with Gasteiger partial charge in [0.2, 0.25) is 0 Å². The molecule has 0 saturated carbocycles. The van der Waals surface area contributed by atoms with Crippen molar-refractivity contribution in [2.24, 2.45) is 0 Å². The molecule has 2 N–H and O–H groups in total. The molecule has 2 aromatic heterocycles. The smallest absolute Gasteiger partial charge is 0.140 e. The minimum atomic E-state index is 0.415. The van der Waals surface area contributed by atoms with Gasteiger partial charge in [0.15, 0.2) is 0 Å². The Kier molecular flexibility index (Phi) is 3.02. The zero-order valence-electron chi connectivity index (χ0n) is 10.6. The number of nitrogens with two attached hydrogens (primary N) is 1. The van der Waals surface area contributed by atoms with Crippen LogP contribution in [0, 0.1) is 22.7 Å². The molecule has 2 aromatic rings. The van der Waals surface area contributed by atoms with Crippen LogP contribution >= 0.6 is 11.3 Å². The lowest BCUT2D eigenvalue weighted by Gasteiger charge is -2.28. The number of hydrogen-bond acceptors (Lipinski definition) is 6. The second-order valence-corrected chi connectivity index (χ2v) is 5.68. The summed E-state index contributed by atoms with van der Waals surface area (Å²) >= 11 is 1.49. The van der Waals surface area contributed by atoms with Gasteiger partial charge in [-0.15, -0.1) is 11.3 Å². The van der Waals surface area contributed by atoms with Gasteiger partial charge in [0.25, 0.3) is 0 Å². The molecule has 0 spiro atoms. The van der Waals surface area contributed by atoms with Gasteiger partial charge in [-0.3, -0.25) is 0 Å². The van der Waals surface area contributed by atoms with Crippen molar-refractivity contribution in [1.82, 2.24) is 4.98 Å². The van der Waals surface area contributed by atoms with E-state index in [2.05, 4.69) is 16.0 Å². The van der Waals surface area contributed by atoms with Crippen molar-refractivity contribution in [2.75, 3.05) is 17.2 Å². The molecule has 1 aliphatic rings. The SMILES string of the molecule is N#Cc1ccc(N2CCc3c(sc(N)c3C#N)C2)cn1. The third-order valence-corrected chi connectivity index (χ3v) is 4.47. The molecule has 3 heterocycles. The van der Waals surface area contributed by atoms with E-state index >= 15 is 0 Å². The molecule has 0 radical (unpaired) electrons. The van der Waals surface area contributed by atoms with Crippen LogP contribution in [0.3, 0.4) is 0 Å². The van der Waals surface area contributed by atoms with Crippen LogP contribution in [0.15, 0.2) is 18.3 Å². The lowest BCUT2D eigenvalue weighted by atomic mass is 10.0. The van der Waals surface area contributed by atoms with E-state index in [1.54, 1.807) is 12.3 Å². The van der Waals surface area contributed by atoms with E-state index in [-0.39, 0.29) is 0 Å². The first-order valence-corrected chi connectivity index (χ1v) is 6.95. The molecular formula is C14H11N5S. The standard InChI is InChI=1S/C14H11N5S/c15-5-9-1-2-10(7-18-9)19-4-3-11-12(6-16)14(17)20-13(11)8-19/h1-2,7H,3-4,8,17H2. The van der Waals surface area contributed by atoms with Crippen molar-refractivity contribution < 1.29 is 0 Å². The first-order valence-electron chi connectivity index (χ1n) is 6.14. The quantitative estimate of drug-likeness (QED) is 0.863. The molecule has 0 atom stereocenters. The molecule has 20 heavy (non-hydrogen) atoms. The molecule has 0 unspecified atom stereocenters. The molecule has 0 amide bonds. The summed E-state index contributed by atoms with van der Waals surface area (Å²) in [6.07, 6.45) is 2.53. The molecule has 3 rings (SSSR count). The predicted octanol–water partition coefficient (Wildman–Crippen LogP) is 2.03. The second-order valence-electron chi connectivity index (χ2n) is 4.54. The van der Waals surface area contributed by atoms with Gasteiger partial charge in [-0.05, 0) is 24.1 Å². The van der Waals surface area contributed by atoms with E-state index < -0.39 is 0 Å². The number of thiophene rings is 1. The van der Waals surface area contributed by atoms with Crippen molar-refractivity contribution in [2.45, 2.75) is 13.0 Å². The fourth-order valence-corrected chi connectivity index (χ4v) is 3.49. The fourth-order valence-electron chi connectivity index (χ4n) is 2.41. The maximum Gasteiger partial charge on any atom is 0.140 e. The van der Waals surface area contributed by atoms with E-state index in [0.717, 1.165) is 35.6 Å². The highest BCUT2D eigenvalue weighted by molar-refractivity contribution is 7.16. The highest BCUT2D eigenvalue weighted by Crippen LogP contribution is 2.35. The van der Waals surface area contributed by atoms with Gasteiger partial charge in [-0.1, -0.05) is 0 Å². The van der Waals surface area contributed by atoms with Crippen LogP contribution in [0.2, 0.25) is 0 Å². The number of aromatic nitrogens is 1. The molecule has 1 aliphatic heterocycles. The minimum Gasteiger partial charge on any atom is -0.389 e. The molecule has 98 valence electrons. The predicted molar refractivity (Wildman–Crippen MR) is 77.2 cm³/mol. The summed E-state index contributed by atoms with van der Waals surface area (Å²) in [5.41, 5.74) is 9.02. The summed E-state index contributed by atoms with van der Waals surface area (Å²) in [6, 6.07) is 7.82. The van der Waals surface area contributed by atoms with Crippen LogP contribution in [0.4, 0.5) is 10.7 Å². The van der Waals surface area contributed by atoms with Crippen LogP contribution in [0.5, 0.6) is 0 Å². The van der Waals surface area contributed by atoms with Crippen LogP contribution in [0.1, 0.15) is 21.7 Å². The first-order chi connectivity index (χ1) is 9.72. The maximum absolute atomic E-state index is 9.13. The van der Waals surface area contributed by atoms with Gasteiger partial charge in [0.05, 0.1) is 24.0 Å². The number of nitriles is 2. The summed E-state index contributed by atoms with van der Waals surface area (Å²) < 4.78 is 0. The topological polar surface area (TPSA) is 89.7 Å². The molecule has 0 fully saturated rings. The van der Waals surface area contributed by atoms with Gasteiger partial charge < -0.3 is 10.6 Å². The Morgan fingerprint density at radius 3 is 2.80 bits per heavy atom. The maximum atomic E-state index is 9.13. The number of nitrogen functional groups attached to an aromatic ring is 1. The Bertz CT molecular complexity index is 733. The molecule has 6 heteroatoms. The zero-order valence-corrected chi connectivity index (χ0v) is 11.4. The van der Waals surface area contributed by atoms with E-state index in [1.807, 2.05) is 12.1 Å². The minimum absolute atomic E-state index is 0.415. The highest BCUT2D eigenvalue weighted by Gasteiger charge is 2.23. The second kappa shape index (κ2) is 4.84. The Labute approximate surface area is 120 Å². The van der Waals surface area contributed by atoms with Crippen molar-refractivity contribution in [3.05, 3.63) is 40.0 Å². The van der Waals surface area contributed by atoms with E-state index in [9.17, 15) is 0 Å². The third kappa shape index (κ3) is 1.97. The largest absolute Gasteiger partial charge is 0.389 e. The van der Waals surface area contributed by atoms with E-state index in [0.29, 0.717) is 16.3 Å². The summed E-state index contributed by atoms with van der Waals surface area (Å²) in [6.45, 7) is 1.56. The van der Waals surface area contributed by atoms with Crippen molar-refractivity contribution in [3.63, 3.8) is 0 Å². The number of pyridine rings is 1. The van der Waals surface area contributed by atoms with Gasteiger partial charge in [-0.2, -0.15) is 10.5 Å². The number of anilines is 2. The lowest BCUT2D eigenvalue weighted by molar-refractivity contribution is 0.741. The molecule has 5 nitrogen and oxygen atoms in total. The van der Waals surface area contributed by atoms with Gasteiger partial charge in [0, 0.05) is 11.4 Å². The lowest BCUT2D eigenvalue weighted by Crippen LogP contribution is -2.29. The average molecular weight is 281 g/mol.